The van der Waals surface area contributed by atoms with Gasteiger partial charge in [-0.1, -0.05) is 6.92 Å². The molecule has 0 spiro atoms. The Morgan fingerprint density at radius 1 is 1.06 bits per heavy atom. The highest BCUT2D eigenvalue weighted by atomic mass is 16.5. The molecule has 172 valence electrons. The lowest BCUT2D eigenvalue weighted by molar-refractivity contribution is 0.0743. The summed E-state index contributed by atoms with van der Waals surface area (Å²) in [4.78, 5) is 40.6. The van der Waals surface area contributed by atoms with Gasteiger partial charge in [0.25, 0.3) is 11.5 Å². The number of hydrogen-bond acceptors (Lipinski definition) is 7. The Hall–Kier alpha value is -3.88. The number of amides is 1. The number of rotatable bonds is 6. The largest absolute Gasteiger partial charge is 0.497 e. The fourth-order valence-electron chi connectivity index (χ4n) is 3.82. The zero-order valence-electron chi connectivity index (χ0n) is 19.0. The fourth-order valence-corrected chi connectivity index (χ4v) is 3.82. The summed E-state index contributed by atoms with van der Waals surface area (Å²) in [6, 6.07) is 10.5. The van der Waals surface area contributed by atoms with Gasteiger partial charge < -0.3 is 24.3 Å². The quantitative estimate of drug-likeness (QED) is 0.617. The molecule has 1 saturated heterocycles. The van der Waals surface area contributed by atoms with Crippen LogP contribution in [-0.4, -0.2) is 66.2 Å². The van der Waals surface area contributed by atoms with Crippen molar-refractivity contribution in [3.63, 3.8) is 0 Å². The maximum absolute atomic E-state index is 13.0. The Balaban J connectivity index is 1.42. The van der Waals surface area contributed by atoms with Gasteiger partial charge in [-0.15, -0.1) is 0 Å². The van der Waals surface area contributed by atoms with Crippen LogP contribution in [0.3, 0.4) is 0 Å². The van der Waals surface area contributed by atoms with Gasteiger partial charge in [-0.05, 0) is 30.7 Å². The van der Waals surface area contributed by atoms with Gasteiger partial charge in [-0.3, -0.25) is 9.59 Å². The third-order valence-corrected chi connectivity index (χ3v) is 5.71. The van der Waals surface area contributed by atoms with Gasteiger partial charge >= 0.3 is 0 Å². The lowest BCUT2D eigenvalue weighted by Gasteiger charge is -2.35. The average molecular weight is 450 g/mol. The molecule has 1 aromatic carbocycles. The molecule has 1 fully saturated rings. The second kappa shape index (κ2) is 9.72. The number of carbonyl (C=O) groups is 1. The molecule has 1 N–H and O–H groups in total. The van der Waals surface area contributed by atoms with E-state index in [0.717, 1.165) is 17.1 Å². The van der Waals surface area contributed by atoms with Gasteiger partial charge in [0.15, 0.2) is 0 Å². The number of carbonyl (C=O) groups excluding carboxylic acids is 1. The summed E-state index contributed by atoms with van der Waals surface area (Å²) in [5, 5.41) is 0. The SMILES string of the molecule is CCc1cc(=O)[nH]c(-c2ccc(N3CCN(C(=O)c4ccc(OC)cc4OC)CC3)nc2)n1. The summed E-state index contributed by atoms with van der Waals surface area (Å²) in [5.41, 5.74) is 1.85. The molecule has 0 aliphatic carbocycles. The van der Waals surface area contributed by atoms with Crippen molar-refractivity contribution in [1.82, 2.24) is 19.9 Å². The van der Waals surface area contributed by atoms with E-state index >= 15 is 0 Å². The summed E-state index contributed by atoms with van der Waals surface area (Å²) < 4.78 is 10.6. The number of methoxy groups -OCH3 is 2. The van der Waals surface area contributed by atoms with E-state index in [-0.39, 0.29) is 11.5 Å². The van der Waals surface area contributed by atoms with Crippen molar-refractivity contribution in [2.75, 3.05) is 45.3 Å². The molecule has 0 bridgehead atoms. The van der Waals surface area contributed by atoms with Crippen LogP contribution in [0.15, 0.2) is 47.4 Å². The van der Waals surface area contributed by atoms with Crippen molar-refractivity contribution in [2.24, 2.45) is 0 Å². The fraction of sp³-hybridized carbons (Fsp3) is 0.333. The molecule has 3 heterocycles. The maximum Gasteiger partial charge on any atom is 0.257 e. The van der Waals surface area contributed by atoms with E-state index in [4.69, 9.17) is 9.47 Å². The molecule has 33 heavy (non-hydrogen) atoms. The number of nitrogens with zero attached hydrogens (tertiary/aromatic N) is 4. The number of nitrogens with one attached hydrogen (secondary N) is 1. The summed E-state index contributed by atoms with van der Waals surface area (Å²) in [6.45, 7) is 4.44. The highest BCUT2D eigenvalue weighted by Crippen LogP contribution is 2.26. The van der Waals surface area contributed by atoms with Crippen molar-refractivity contribution in [3.8, 4) is 22.9 Å². The molecule has 9 nitrogen and oxygen atoms in total. The number of pyridine rings is 1. The summed E-state index contributed by atoms with van der Waals surface area (Å²) in [5.74, 6) is 2.41. The topological polar surface area (TPSA) is 101 Å². The first-order valence-corrected chi connectivity index (χ1v) is 10.8. The number of anilines is 1. The predicted octanol–water partition coefficient (Wildman–Crippen LogP) is 2.37. The predicted molar refractivity (Wildman–Crippen MR) is 125 cm³/mol. The Labute approximate surface area is 192 Å². The summed E-state index contributed by atoms with van der Waals surface area (Å²) in [6.07, 6.45) is 2.40. The number of benzene rings is 1. The van der Waals surface area contributed by atoms with Gasteiger partial charge in [0.05, 0.1) is 19.8 Å². The van der Waals surface area contributed by atoms with Crippen LogP contribution in [0, 0.1) is 0 Å². The molecular formula is C24H27N5O4. The van der Waals surface area contributed by atoms with Crippen molar-refractivity contribution in [2.45, 2.75) is 13.3 Å². The standard InChI is InChI=1S/C24H27N5O4/c1-4-17-13-22(30)27-23(26-17)16-5-8-21(25-15-16)28-9-11-29(12-10-28)24(31)19-7-6-18(32-2)14-20(19)33-3/h5-8,13-15H,4,9-12H2,1-3H3,(H,26,27,30). The molecular weight excluding hydrogens is 422 g/mol. The first-order chi connectivity index (χ1) is 16.0. The second-order valence-corrected chi connectivity index (χ2v) is 7.69. The van der Waals surface area contributed by atoms with E-state index in [2.05, 4.69) is 19.9 Å². The Bertz CT molecular complexity index is 1180. The third kappa shape index (κ3) is 4.82. The lowest BCUT2D eigenvalue weighted by Crippen LogP contribution is -2.49. The van der Waals surface area contributed by atoms with Crippen LogP contribution in [0.2, 0.25) is 0 Å². The van der Waals surface area contributed by atoms with Crippen LogP contribution in [-0.2, 0) is 6.42 Å². The van der Waals surface area contributed by atoms with E-state index in [1.165, 1.54) is 6.07 Å². The molecule has 1 aliphatic rings. The van der Waals surface area contributed by atoms with Crippen molar-refractivity contribution >= 4 is 11.7 Å². The van der Waals surface area contributed by atoms with E-state index in [0.29, 0.717) is 55.5 Å². The highest BCUT2D eigenvalue weighted by Gasteiger charge is 2.25. The second-order valence-electron chi connectivity index (χ2n) is 7.69. The van der Waals surface area contributed by atoms with Crippen molar-refractivity contribution in [1.29, 1.82) is 0 Å². The minimum atomic E-state index is -0.171. The number of aromatic amines is 1. The smallest absolute Gasteiger partial charge is 0.257 e. The minimum absolute atomic E-state index is 0.0664. The molecule has 9 heteroatoms. The molecule has 1 aliphatic heterocycles. The highest BCUT2D eigenvalue weighted by molar-refractivity contribution is 5.97. The number of hydrogen-bond donors (Lipinski definition) is 1. The van der Waals surface area contributed by atoms with Crippen LogP contribution in [0.5, 0.6) is 11.5 Å². The zero-order valence-corrected chi connectivity index (χ0v) is 19.0. The first-order valence-electron chi connectivity index (χ1n) is 10.8. The first kappa shape index (κ1) is 22.3. The van der Waals surface area contributed by atoms with E-state index in [1.54, 1.807) is 38.6 Å². The summed E-state index contributed by atoms with van der Waals surface area (Å²) in [7, 11) is 3.12. The van der Waals surface area contributed by atoms with Crippen LogP contribution in [0.4, 0.5) is 5.82 Å². The molecule has 3 aromatic rings. The van der Waals surface area contributed by atoms with Gasteiger partial charge in [0.2, 0.25) is 0 Å². The van der Waals surface area contributed by atoms with Gasteiger partial charge in [0, 0.05) is 55.8 Å². The molecule has 0 saturated carbocycles. The Morgan fingerprint density at radius 2 is 1.85 bits per heavy atom. The number of ether oxygens (including phenoxy) is 2. The van der Waals surface area contributed by atoms with Gasteiger partial charge in [0.1, 0.15) is 23.1 Å². The van der Waals surface area contributed by atoms with Gasteiger partial charge in [-0.25, -0.2) is 9.97 Å². The van der Waals surface area contributed by atoms with E-state index in [1.807, 2.05) is 24.0 Å². The molecule has 0 atom stereocenters. The van der Waals surface area contributed by atoms with Crippen LogP contribution >= 0.6 is 0 Å². The molecule has 4 rings (SSSR count). The van der Waals surface area contributed by atoms with Gasteiger partial charge in [-0.2, -0.15) is 0 Å². The van der Waals surface area contributed by atoms with E-state index < -0.39 is 0 Å². The van der Waals surface area contributed by atoms with Crippen molar-refractivity contribution < 1.29 is 14.3 Å². The van der Waals surface area contributed by atoms with E-state index in [9.17, 15) is 9.59 Å². The Kier molecular flexibility index (Phi) is 6.58. The van der Waals surface area contributed by atoms with Crippen LogP contribution in [0.25, 0.3) is 11.4 Å². The minimum Gasteiger partial charge on any atom is -0.497 e. The van der Waals surface area contributed by atoms with Crippen LogP contribution < -0.4 is 19.9 Å². The molecule has 2 aromatic heterocycles. The molecule has 1 amide bonds. The monoisotopic (exact) mass is 449 g/mol. The van der Waals surface area contributed by atoms with Crippen molar-refractivity contribution in [3.05, 3.63) is 64.2 Å². The number of aromatic nitrogens is 3. The number of aryl methyl sites for hydroxylation is 1. The average Bonchev–Trinajstić information content (AvgIpc) is 2.87. The number of piperazine rings is 1. The molecule has 0 unspecified atom stereocenters. The lowest BCUT2D eigenvalue weighted by atomic mass is 10.1. The molecule has 0 radical (unpaired) electrons. The number of H-pyrrole nitrogens is 1. The normalized spacial score (nSPS) is 13.7. The summed E-state index contributed by atoms with van der Waals surface area (Å²) >= 11 is 0. The van der Waals surface area contributed by atoms with Crippen LogP contribution in [0.1, 0.15) is 23.0 Å². The zero-order chi connectivity index (χ0) is 23.4. The maximum atomic E-state index is 13.0. The third-order valence-electron chi connectivity index (χ3n) is 5.71. The Morgan fingerprint density at radius 3 is 2.48 bits per heavy atom.